The van der Waals surface area contributed by atoms with Crippen molar-refractivity contribution in [2.24, 2.45) is 11.8 Å². The van der Waals surface area contributed by atoms with Crippen molar-refractivity contribution in [3.05, 3.63) is 29.3 Å². The van der Waals surface area contributed by atoms with Crippen LogP contribution in [0.15, 0.2) is 18.2 Å². The number of rotatable bonds is 2. The number of aromatic hydroxyl groups is 1. The van der Waals surface area contributed by atoms with Crippen LogP contribution in [0.3, 0.4) is 0 Å². The Labute approximate surface area is 140 Å². The van der Waals surface area contributed by atoms with Crippen molar-refractivity contribution in [3.63, 3.8) is 0 Å². The molecule has 0 aromatic heterocycles. The number of fused-ring (bicyclic) bond motifs is 2. The highest BCUT2D eigenvalue weighted by molar-refractivity contribution is 5.85. The van der Waals surface area contributed by atoms with Crippen LogP contribution in [-0.4, -0.2) is 29.1 Å². The molecular weight excluding hydrogens is 294 g/mol. The summed E-state index contributed by atoms with van der Waals surface area (Å²) in [4.78, 5) is 2.80. The molecular formula is C19H28ClNO. The second-order valence-electron chi connectivity index (χ2n) is 8.02. The van der Waals surface area contributed by atoms with Crippen LogP contribution in [0.25, 0.3) is 0 Å². The van der Waals surface area contributed by atoms with Crippen molar-refractivity contribution in [3.8, 4) is 5.75 Å². The van der Waals surface area contributed by atoms with Gasteiger partial charge in [-0.2, -0.15) is 0 Å². The van der Waals surface area contributed by atoms with E-state index in [0.717, 1.165) is 11.8 Å². The zero-order valence-electron chi connectivity index (χ0n) is 13.7. The fourth-order valence-corrected chi connectivity index (χ4v) is 4.87. The fourth-order valence-electron chi connectivity index (χ4n) is 4.87. The number of benzene rings is 1. The van der Waals surface area contributed by atoms with E-state index >= 15 is 0 Å². The van der Waals surface area contributed by atoms with Gasteiger partial charge in [0.1, 0.15) is 5.75 Å². The molecule has 1 N–H and O–H groups in total. The molecule has 1 saturated heterocycles. The van der Waals surface area contributed by atoms with Gasteiger partial charge in [-0.15, -0.1) is 12.4 Å². The third-order valence-electron chi connectivity index (χ3n) is 6.23. The Morgan fingerprint density at radius 1 is 1.23 bits per heavy atom. The van der Waals surface area contributed by atoms with Gasteiger partial charge in [0.15, 0.2) is 0 Å². The van der Waals surface area contributed by atoms with Crippen molar-refractivity contribution in [2.75, 3.05) is 13.1 Å². The molecule has 2 nitrogen and oxygen atoms in total. The van der Waals surface area contributed by atoms with Crippen LogP contribution in [-0.2, 0) is 11.8 Å². The van der Waals surface area contributed by atoms with Crippen LogP contribution >= 0.6 is 12.4 Å². The van der Waals surface area contributed by atoms with E-state index in [2.05, 4.69) is 24.8 Å². The number of hydrogen-bond donors (Lipinski definition) is 1. The van der Waals surface area contributed by atoms with Crippen LogP contribution < -0.4 is 0 Å². The van der Waals surface area contributed by atoms with Crippen LogP contribution in [0.2, 0.25) is 0 Å². The lowest BCUT2D eigenvalue weighted by molar-refractivity contribution is 0.0408. The van der Waals surface area contributed by atoms with E-state index in [1.807, 2.05) is 12.1 Å². The highest BCUT2D eigenvalue weighted by Gasteiger charge is 2.46. The van der Waals surface area contributed by atoms with Crippen LogP contribution in [0.4, 0.5) is 0 Å². The van der Waals surface area contributed by atoms with Gasteiger partial charge < -0.3 is 5.11 Å². The Bertz CT molecular complexity index is 552. The zero-order valence-corrected chi connectivity index (χ0v) is 14.5. The number of hydrogen-bond acceptors (Lipinski definition) is 2. The highest BCUT2D eigenvalue weighted by atomic mass is 35.5. The zero-order chi connectivity index (χ0) is 14.6. The first kappa shape index (κ1) is 16.1. The molecule has 0 spiro atoms. The summed E-state index contributed by atoms with van der Waals surface area (Å²) in [6, 6.07) is 6.76. The molecule has 1 aromatic carbocycles. The first-order valence-corrected chi connectivity index (χ1v) is 8.62. The number of halogens is 1. The minimum Gasteiger partial charge on any atom is -0.508 e. The highest BCUT2D eigenvalue weighted by Crippen LogP contribution is 2.48. The SMILES string of the molecule is CC1(C)c2cc(O)ccc2C[C@H]2[C@H]1CCCN2CC1CC1.Cl. The molecule has 3 aliphatic rings. The molecule has 3 heteroatoms. The topological polar surface area (TPSA) is 23.5 Å². The van der Waals surface area contributed by atoms with Crippen LogP contribution in [0.1, 0.15) is 50.7 Å². The Morgan fingerprint density at radius 3 is 2.73 bits per heavy atom. The summed E-state index contributed by atoms with van der Waals surface area (Å²) < 4.78 is 0. The Morgan fingerprint density at radius 2 is 2.00 bits per heavy atom. The molecule has 0 amide bonds. The van der Waals surface area contributed by atoms with Gasteiger partial charge in [0.2, 0.25) is 0 Å². The molecule has 0 bridgehead atoms. The Balaban J connectivity index is 0.00000144. The van der Waals surface area contributed by atoms with E-state index in [1.54, 1.807) is 0 Å². The second kappa shape index (κ2) is 5.72. The summed E-state index contributed by atoms with van der Waals surface area (Å²) in [7, 11) is 0. The van der Waals surface area contributed by atoms with Crippen molar-refractivity contribution in [1.29, 1.82) is 0 Å². The molecule has 1 aromatic rings. The van der Waals surface area contributed by atoms with Crippen LogP contribution in [0.5, 0.6) is 5.75 Å². The van der Waals surface area contributed by atoms with Gasteiger partial charge in [-0.25, -0.2) is 0 Å². The van der Waals surface area contributed by atoms with Gasteiger partial charge in [0.05, 0.1) is 0 Å². The number of phenols is 1. The lowest BCUT2D eigenvalue weighted by atomic mass is 9.60. The molecule has 4 rings (SSSR count). The predicted octanol–water partition coefficient (Wildman–Crippen LogP) is 4.14. The molecule has 2 aliphatic carbocycles. The van der Waals surface area contributed by atoms with Crippen molar-refractivity contribution in [1.82, 2.24) is 4.90 Å². The molecule has 0 unspecified atom stereocenters. The third kappa shape index (κ3) is 2.65. The van der Waals surface area contributed by atoms with E-state index in [4.69, 9.17) is 0 Å². The molecule has 1 heterocycles. The van der Waals surface area contributed by atoms with Crippen molar-refractivity contribution in [2.45, 2.75) is 57.4 Å². The van der Waals surface area contributed by atoms with Gasteiger partial charge >= 0.3 is 0 Å². The maximum atomic E-state index is 9.89. The minimum atomic E-state index is 0. The van der Waals surface area contributed by atoms with E-state index in [9.17, 15) is 5.11 Å². The Kier molecular flexibility index (Phi) is 4.20. The summed E-state index contributed by atoms with van der Waals surface area (Å²) in [5.41, 5.74) is 3.03. The maximum absolute atomic E-state index is 9.89. The van der Waals surface area contributed by atoms with Crippen molar-refractivity contribution < 1.29 is 5.11 Å². The average Bonchev–Trinajstić information content (AvgIpc) is 3.25. The third-order valence-corrected chi connectivity index (χ3v) is 6.23. The molecule has 2 atom stereocenters. The molecule has 1 aliphatic heterocycles. The molecule has 1 saturated carbocycles. The molecule has 122 valence electrons. The normalized spacial score (nSPS) is 30.1. The lowest BCUT2D eigenvalue weighted by Crippen LogP contribution is -2.55. The van der Waals surface area contributed by atoms with E-state index < -0.39 is 0 Å². The monoisotopic (exact) mass is 321 g/mol. The van der Waals surface area contributed by atoms with Crippen molar-refractivity contribution >= 4 is 12.4 Å². The number of likely N-dealkylation sites (tertiary alicyclic amines) is 1. The summed E-state index contributed by atoms with van der Waals surface area (Å²) in [6.45, 7) is 7.40. The minimum absolute atomic E-state index is 0. The fraction of sp³-hybridized carbons (Fsp3) is 0.684. The smallest absolute Gasteiger partial charge is 0.115 e. The number of nitrogens with zero attached hydrogens (tertiary/aromatic N) is 1. The van der Waals surface area contributed by atoms with Gasteiger partial charge in [-0.05, 0) is 79.2 Å². The summed E-state index contributed by atoms with van der Waals surface area (Å²) in [5, 5.41) is 9.89. The van der Waals surface area contributed by atoms with E-state index in [1.165, 1.54) is 56.3 Å². The molecule has 0 radical (unpaired) electrons. The molecule has 22 heavy (non-hydrogen) atoms. The van der Waals surface area contributed by atoms with Crippen LogP contribution in [0, 0.1) is 11.8 Å². The number of phenolic OH excluding ortho intramolecular Hbond substituents is 1. The maximum Gasteiger partial charge on any atom is 0.115 e. The largest absolute Gasteiger partial charge is 0.508 e. The summed E-state index contributed by atoms with van der Waals surface area (Å²) in [5.74, 6) is 2.14. The van der Waals surface area contributed by atoms with Gasteiger partial charge in [-0.3, -0.25) is 4.90 Å². The first-order chi connectivity index (χ1) is 10.1. The first-order valence-electron chi connectivity index (χ1n) is 8.62. The Hall–Kier alpha value is -0.730. The van der Waals surface area contributed by atoms with Gasteiger partial charge in [-0.1, -0.05) is 19.9 Å². The van der Waals surface area contributed by atoms with E-state index in [0.29, 0.717) is 11.8 Å². The second-order valence-corrected chi connectivity index (χ2v) is 8.02. The summed E-state index contributed by atoms with van der Waals surface area (Å²) >= 11 is 0. The van der Waals surface area contributed by atoms with E-state index in [-0.39, 0.29) is 17.8 Å². The predicted molar refractivity (Wildman–Crippen MR) is 92.9 cm³/mol. The average molecular weight is 322 g/mol. The number of piperidine rings is 1. The summed E-state index contributed by atoms with van der Waals surface area (Å²) in [6.07, 6.45) is 6.75. The molecule has 2 fully saturated rings. The quantitative estimate of drug-likeness (QED) is 0.885. The van der Waals surface area contributed by atoms with Gasteiger partial charge in [0, 0.05) is 12.6 Å². The lowest BCUT2D eigenvalue weighted by Gasteiger charge is -2.52. The standard InChI is InChI=1S/C19H27NO.ClH/c1-19(2)16-4-3-9-20(12-13-5-6-13)18(16)10-14-7-8-15(21)11-17(14)19;/h7-8,11,13,16,18,21H,3-6,9-10,12H2,1-2H3;1H/t16-,18+;/m1./s1. The van der Waals surface area contributed by atoms with Gasteiger partial charge in [0.25, 0.3) is 0 Å².